The summed E-state index contributed by atoms with van der Waals surface area (Å²) in [5.74, 6) is -0.298. The average molecular weight is 470 g/mol. The van der Waals surface area contributed by atoms with Crippen molar-refractivity contribution in [2.45, 2.75) is 32.6 Å². The molecule has 1 saturated heterocycles. The van der Waals surface area contributed by atoms with E-state index in [0.29, 0.717) is 33.1 Å². The molecule has 1 aromatic carbocycles. The molecule has 2 aromatic heterocycles. The van der Waals surface area contributed by atoms with E-state index in [2.05, 4.69) is 24.1 Å². The maximum Gasteiger partial charge on any atom is 0.350 e. The molecule has 1 aliphatic rings. The molecule has 33 heavy (non-hydrogen) atoms. The molecule has 8 nitrogen and oxygen atoms in total. The lowest BCUT2D eigenvalue weighted by Crippen LogP contribution is -2.44. The van der Waals surface area contributed by atoms with Crippen LogP contribution in [0.4, 0.5) is 5.69 Å². The van der Waals surface area contributed by atoms with Crippen molar-refractivity contribution in [2.75, 3.05) is 32.1 Å². The topological polar surface area (TPSA) is 90.0 Å². The predicted octanol–water partition coefficient (Wildman–Crippen LogP) is 3.71. The summed E-state index contributed by atoms with van der Waals surface area (Å²) in [5, 5.41) is 3.51. The van der Waals surface area contributed by atoms with Gasteiger partial charge in [0, 0.05) is 25.0 Å². The van der Waals surface area contributed by atoms with E-state index in [-0.39, 0.29) is 24.7 Å². The number of hydrogen-bond donors (Lipinski definition) is 1. The maximum absolute atomic E-state index is 12.6. The maximum atomic E-state index is 12.6. The fourth-order valence-corrected chi connectivity index (χ4v) is 5.02. The van der Waals surface area contributed by atoms with E-state index >= 15 is 0 Å². The third-order valence-corrected chi connectivity index (χ3v) is 6.32. The first-order valence-electron chi connectivity index (χ1n) is 10.8. The van der Waals surface area contributed by atoms with Crippen molar-refractivity contribution in [1.82, 2.24) is 9.88 Å². The van der Waals surface area contributed by atoms with Gasteiger partial charge in [-0.2, -0.15) is 0 Å². The molecule has 0 saturated carbocycles. The van der Waals surface area contributed by atoms with Gasteiger partial charge in [0.2, 0.25) is 0 Å². The minimum atomic E-state index is -0.519. The normalized spacial score (nSPS) is 18.8. The Balaban J connectivity index is 1.53. The summed E-state index contributed by atoms with van der Waals surface area (Å²) < 4.78 is 16.3. The van der Waals surface area contributed by atoms with E-state index in [9.17, 15) is 9.59 Å². The van der Waals surface area contributed by atoms with E-state index in [1.54, 1.807) is 12.1 Å². The van der Waals surface area contributed by atoms with Gasteiger partial charge < -0.3 is 19.5 Å². The van der Waals surface area contributed by atoms with Gasteiger partial charge in [-0.25, -0.2) is 9.78 Å². The van der Waals surface area contributed by atoms with Crippen molar-refractivity contribution in [3.8, 4) is 5.75 Å². The molecule has 9 heteroatoms. The molecule has 0 aliphatic carbocycles. The van der Waals surface area contributed by atoms with Crippen LogP contribution >= 0.6 is 11.3 Å². The highest BCUT2D eigenvalue weighted by atomic mass is 32.1. The molecule has 0 spiro atoms. The first-order chi connectivity index (χ1) is 15.9. The molecule has 1 N–H and O–H groups in total. The fourth-order valence-electron chi connectivity index (χ4n) is 3.95. The molecule has 1 fully saturated rings. The monoisotopic (exact) mass is 469 g/mol. The van der Waals surface area contributed by atoms with Crippen molar-refractivity contribution in [3.63, 3.8) is 0 Å². The van der Waals surface area contributed by atoms with Gasteiger partial charge in [0.25, 0.3) is 5.91 Å². The van der Waals surface area contributed by atoms with Crippen LogP contribution in [0.1, 0.15) is 29.2 Å². The molecule has 0 unspecified atom stereocenters. The third kappa shape index (κ3) is 5.68. The number of amides is 1. The van der Waals surface area contributed by atoms with Gasteiger partial charge in [-0.1, -0.05) is 18.2 Å². The van der Waals surface area contributed by atoms with Crippen LogP contribution in [-0.4, -0.2) is 60.8 Å². The second kappa shape index (κ2) is 10.3. The number of anilines is 1. The van der Waals surface area contributed by atoms with Crippen LogP contribution in [0.25, 0.3) is 10.2 Å². The summed E-state index contributed by atoms with van der Waals surface area (Å²) in [7, 11) is 1.32. The van der Waals surface area contributed by atoms with Crippen LogP contribution in [0.5, 0.6) is 5.75 Å². The van der Waals surface area contributed by atoms with E-state index in [0.717, 1.165) is 18.8 Å². The first kappa shape index (κ1) is 23.2. The lowest BCUT2D eigenvalue weighted by Gasteiger charge is -2.35. The summed E-state index contributed by atoms with van der Waals surface area (Å²) in [6.45, 7) is 6.32. The highest BCUT2D eigenvalue weighted by Crippen LogP contribution is 2.35. The minimum Gasteiger partial charge on any atom is -0.484 e. The standard InChI is InChI=1S/C24H27N3O5S/c1-15-11-27(12-16(2)32-15)13-17-9-10-19-21(22(24(29)30-3)33-23(19)25-17)26-20(28)14-31-18-7-5-4-6-8-18/h4-10,15-16H,11-14H2,1-3H3,(H,26,28)/t15-,16+. The number of nitrogens with one attached hydrogen (secondary N) is 1. The van der Waals surface area contributed by atoms with Gasteiger partial charge in [-0.15, -0.1) is 11.3 Å². The molecule has 2 atom stereocenters. The Bertz CT molecular complexity index is 1120. The van der Waals surface area contributed by atoms with Gasteiger partial charge in [0.1, 0.15) is 15.5 Å². The summed E-state index contributed by atoms with van der Waals surface area (Å²) in [5.41, 5.74) is 1.29. The van der Waals surface area contributed by atoms with Crippen molar-refractivity contribution in [3.05, 3.63) is 53.0 Å². The van der Waals surface area contributed by atoms with Crippen LogP contribution in [-0.2, 0) is 20.8 Å². The number of para-hydroxylation sites is 1. The molecule has 0 bridgehead atoms. The first-order valence-corrected chi connectivity index (χ1v) is 11.6. The summed E-state index contributed by atoms with van der Waals surface area (Å²) in [6.07, 6.45) is 0.343. The van der Waals surface area contributed by atoms with Gasteiger partial charge in [-0.05, 0) is 38.1 Å². The average Bonchev–Trinajstić information content (AvgIpc) is 3.14. The smallest absolute Gasteiger partial charge is 0.350 e. The summed E-state index contributed by atoms with van der Waals surface area (Å²) in [4.78, 5) is 33.0. The number of benzene rings is 1. The second-order valence-corrected chi connectivity index (χ2v) is 9.05. The Morgan fingerprint density at radius 3 is 2.58 bits per heavy atom. The molecule has 0 radical (unpaired) electrons. The molecule has 1 amide bonds. The van der Waals surface area contributed by atoms with Crippen molar-refractivity contribution in [1.29, 1.82) is 0 Å². The van der Waals surface area contributed by atoms with Gasteiger partial charge in [-0.3, -0.25) is 9.69 Å². The van der Waals surface area contributed by atoms with Gasteiger partial charge in [0.15, 0.2) is 6.61 Å². The van der Waals surface area contributed by atoms with Crippen molar-refractivity contribution in [2.24, 2.45) is 0 Å². The van der Waals surface area contributed by atoms with Crippen LogP contribution in [0.15, 0.2) is 42.5 Å². The number of rotatable bonds is 7. The predicted molar refractivity (Wildman–Crippen MR) is 127 cm³/mol. The van der Waals surface area contributed by atoms with E-state index in [1.165, 1.54) is 18.4 Å². The minimum absolute atomic E-state index is 0.171. The largest absolute Gasteiger partial charge is 0.484 e. The quantitative estimate of drug-likeness (QED) is 0.528. The number of fused-ring (bicyclic) bond motifs is 1. The Kier molecular flexibility index (Phi) is 7.22. The number of carbonyl (C=O) groups excluding carboxylic acids is 2. The Labute approximate surface area is 196 Å². The van der Waals surface area contributed by atoms with E-state index in [4.69, 9.17) is 19.2 Å². The highest BCUT2D eigenvalue weighted by molar-refractivity contribution is 7.21. The van der Waals surface area contributed by atoms with Crippen molar-refractivity contribution >= 4 is 39.1 Å². The molecular weight excluding hydrogens is 442 g/mol. The van der Waals surface area contributed by atoms with Crippen LogP contribution in [0, 0.1) is 0 Å². The number of aromatic nitrogens is 1. The lowest BCUT2D eigenvalue weighted by molar-refractivity contribution is -0.118. The fraction of sp³-hybridized carbons (Fsp3) is 0.375. The number of thiophene rings is 1. The van der Waals surface area contributed by atoms with Gasteiger partial charge in [0.05, 0.1) is 30.7 Å². The number of morpholine rings is 1. The summed E-state index contributed by atoms with van der Waals surface area (Å²) in [6, 6.07) is 12.9. The zero-order valence-corrected chi connectivity index (χ0v) is 19.7. The molecule has 174 valence electrons. The number of carbonyl (C=O) groups is 2. The van der Waals surface area contributed by atoms with Crippen molar-refractivity contribution < 1.29 is 23.8 Å². The van der Waals surface area contributed by atoms with Crippen LogP contribution in [0.3, 0.4) is 0 Å². The molecule has 1 aliphatic heterocycles. The SMILES string of the molecule is COC(=O)c1sc2nc(CN3C[C@@H](C)O[C@@H](C)C3)ccc2c1NC(=O)COc1ccccc1. The van der Waals surface area contributed by atoms with Gasteiger partial charge >= 0.3 is 5.97 Å². The van der Waals surface area contributed by atoms with E-state index < -0.39 is 5.97 Å². The van der Waals surface area contributed by atoms with Crippen LogP contribution < -0.4 is 10.1 Å². The number of hydrogen-bond acceptors (Lipinski definition) is 8. The number of methoxy groups -OCH3 is 1. The summed E-state index contributed by atoms with van der Waals surface area (Å²) >= 11 is 1.21. The number of esters is 1. The molecule has 3 aromatic rings. The number of nitrogens with zero attached hydrogens (tertiary/aromatic N) is 2. The molecular formula is C24H27N3O5S. The lowest BCUT2D eigenvalue weighted by atomic mass is 10.2. The Morgan fingerprint density at radius 1 is 1.15 bits per heavy atom. The number of pyridine rings is 1. The molecule has 4 rings (SSSR count). The zero-order chi connectivity index (χ0) is 23.4. The zero-order valence-electron chi connectivity index (χ0n) is 18.9. The van der Waals surface area contributed by atoms with E-state index in [1.807, 2.05) is 30.3 Å². The number of ether oxygens (including phenoxy) is 3. The Morgan fingerprint density at radius 2 is 1.88 bits per heavy atom. The highest BCUT2D eigenvalue weighted by Gasteiger charge is 2.24. The second-order valence-electron chi connectivity index (χ2n) is 8.05. The third-order valence-electron chi connectivity index (χ3n) is 5.24. The van der Waals surface area contributed by atoms with Crippen LogP contribution in [0.2, 0.25) is 0 Å². The Hall–Kier alpha value is -3.01. The molecule has 3 heterocycles.